The molecule has 19 heavy (non-hydrogen) atoms. The summed E-state index contributed by atoms with van der Waals surface area (Å²) >= 11 is 5.86. The normalized spacial score (nSPS) is 14.9. The summed E-state index contributed by atoms with van der Waals surface area (Å²) in [7, 11) is 0. The monoisotopic (exact) mass is 279 g/mol. The van der Waals surface area contributed by atoms with Gasteiger partial charge in [0.1, 0.15) is 0 Å². The van der Waals surface area contributed by atoms with E-state index in [-0.39, 0.29) is 12.5 Å². The second kappa shape index (κ2) is 7.14. The van der Waals surface area contributed by atoms with Crippen LogP contribution in [0.25, 0.3) is 0 Å². The lowest BCUT2D eigenvalue weighted by Crippen LogP contribution is -2.27. The van der Waals surface area contributed by atoms with Gasteiger partial charge in [0.05, 0.1) is 6.54 Å². The van der Waals surface area contributed by atoms with Gasteiger partial charge in [0.2, 0.25) is 0 Å². The highest BCUT2D eigenvalue weighted by atomic mass is 35.5. The van der Waals surface area contributed by atoms with Crippen molar-refractivity contribution in [2.45, 2.75) is 32.1 Å². The second-order valence-electron chi connectivity index (χ2n) is 4.64. The number of hydrogen-bond acceptors (Lipinski definition) is 3. The maximum atomic E-state index is 11.6. The summed E-state index contributed by atoms with van der Waals surface area (Å²) in [6, 6.07) is 7.28. The minimum atomic E-state index is -0.141. The fraction of sp³-hybridized carbons (Fsp3) is 0.429. The Morgan fingerprint density at radius 3 is 2.79 bits per heavy atom. The molecule has 1 amide bonds. The third-order valence-corrected chi connectivity index (χ3v) is 3.28. The molecule has 0 spiro atoms. The molecule has 1 saturated carbocycles. The maximum Gasteiger partial charge on any atom is 0.259 e. The summed E-state index contributed by atoms with van der Waals surface area (Å²) in [4.78, 5) is 11.6. The molecule has 0 unspecified atom stereocenters. The first-order chi connectivity index (χ1) is 9.24. The minimum Gasteiger partial charge on any atom is -0.376 e. The summed E-state index contributed by atoms with van der Waals surface area (Å²) in [5, 5.41) is 7.82. The van der Waals surface area contributed by atoms with E-state index in [0.29, 0.717) is 5.02 Å². The van der Waals surface area contributed by atoms with Crippen molar-refractivity contribution in [1.82, 2.24) is 5.43 Å². The number of amides is 1. The van der Waals surface area contributed by atoms with E-state index in [1.165, 1.54) is 19.3 Å². The van der Waals surface area contributed by atoms with Crippen molar-refractivity contribution in [3.63, 3.8) is 0 Å². The number of carbonyl (C=O) groups excluding carboxylic acids is 1. The average Bonchev–Trinajstić information content (AvgIpc) is 2.44. The Bertz CT molecular complexity index is 466. The van der Waals surface area contributed by atoms with Crippen molar-refractivity contribution in [3.8, 4) is 0 Å². The van der Waals surface area contributed by atoms with E-state index in [0.717, 1.165) is 24.2 Å². The first-order valence-electron chi connectivity index (χ1n) is 6.58. The van der Waals surface area contributed by atoms with Crippen LogP contribution in [0.2, 0.25) is 5.02 Å². The fourth-order valence-electron chi connectivity index (χ4n) is 2.03. The predicted octanol–water partition coefficient (Wildman–Crippen LogP) is 3.19. The number of anilines is 1. The first-order valence-corrected chi connectivity index (χ1v) is 6.95. The number of carbonyl (C=O) groups is 1. The number of benzene rings is 1. The van der Waals surface area contributed by atoms with Gasteiger partial charge < -0.3 is 5.32 Å². The quantitative estimate of drug-likeness (QED) is 0.832. The zero-order valence-corrected chi connectivity index (χ0v) is 11.5. The molecule has 0 aromatic heterocycles. The van der Waals surface area contributed by atoms with Crippen LogP contribution in [0.1, 0.15) is 32.1 Å². The molecule has 1 fully saturated rings. The van der Waals surface area contributed by atoms with E-state index >= 15 is 0 Å². The van der Waals surface area contributed by atoms with Gasteiger partial charge in [0, 0.05) is 16.4 Å². The Morgan fingerprint density at radius 2 is 2.05 bits per heavy atom. The van der Waals surface area contributed by atoms with Gasteiger partial charge in [-0.25, -0.2) is 5.43 Å². The molecule has 0 aliphatic heterocycles. The first kappa shape index (κ1) is 13.9. The summed E-state index contributed by atoms with van der Waals surface area (Å²) in [6.45, 7) is 0.192. The Hall–Kier alpha value is -1.55. The summed E-state index contributed by atoms with van der Waals surface area (Å²) in [5.41, 5.74) is 4.52. The van der Waals surface area contributed by atoms with Gasteiger partial charge in [0.15, 0.2) is 0 Å². The average molecular weight is 280 g/mol. The van der Waals surface area contributed by atoms with Gasteiger partial charge in [-0.2, -0.15) is 5.10 Å². The van der Waals surface area contributed by atoms with Crippen molar-refractivity contribution in [2.75, 3.05) is 11.9 Å². The van der Waals surface area contributed by atoms with E-state index in [9.17, 15) is 4.79 Å². The lowest BCUT2D eigenvalue weighted by atomic mass is 9.99. The predicted molar refractivity (Wildman–Crippen MR) is 78.6 cm³/mol. The second-order valence-corrected chi connectivity index (χ2v) is 5.07. The molecular formula is C14H18ClN3O. The van der Waals surface area contributed by atoms with Gasteiger partial charge in [-0.05, 0) is 43.9 Å². The van der Waals surface area contributed by atoms with Gasteiger partial charge in [-0.15, -0.1) is 0 Å². The number of nitrogens with one attached hydrogen (secondary N) is 2. The fourth-order valence-corrected chi connectivity index (χ4v) is 2.22. The van der Waals surface area contributed by atoms with Gasteiger partial charge in [-0.1, -0.05) is 24.1 Å². The number of hydrogen-bond donors (Lipinski definition) is 2. The molecule has 1 aromatic carbocycles. The SMILES string of the molecule is O=C(CNc1cccc(Cl)c1)NN=C1CCCCC1. The van der Waals surface area contributed by atoms with Crippen LogP contribution in [0.3, 0.4) is 0 Å². The van der Waals surface area contributed by atoms with Crippen LogP contribution < -0.4 is 10.7 Å². The lowest BCUT2D eigenvalue weighted by Gasteiger charge is -2.12. The smallest absolute Gasteiger partial charge is 0.259 e. The van der Waals surface area contributed by atoms with Crippen LogP contribution in [0.5, 0.6) is 0 Å². The summed E-state index contributed by atoms with van der Waals surface area (Å²) in [6.07, 6.45) is 5.62. The zero-order chi connectivity index (χ0) is 13.5. The molecule has 2 rings (SSSR count). The Kier molecular flexibility index (Phi) is 5.21. The van der Waals surface area contributed by atoms with E-state index < -0.39 is 0 Å². The Labute approximate surface area is 118 Å². The minimum absolute atomic E-state index is 0.141. The van der Waals surface area contributed by atoms with Gasteiger partial charge in [-0.3, -0.25) is 4.79 Å². The summed E-state index contributed by atoms with van der Waals surface area (Å²) < 4.78 is 0. The molecule has 5 heteroatoms. The van der Waals surface area contributed by atoms with E-state index in [1.807, 2.05) is 12.1 Å². The van der Waals surface area contributed by atoms with Crippen LogP contribution in [0.4, 0.5) is 5.69 Å². The van der Waals surface area contributed by atoms with Crippen molar-refractivity contribution >= 4 is 28.9 Å². The topological polar surface area (TPSA) is 53.5 Å². The third kappa shape index (κ3) is 4.91. The summed E-state index contributed by atoms with van der Waals surface area (Å²) in [5.74, 6) is -0.141. The molecule has 1 aromatic rings. The number of hydrazone groups is 1. The molecule has 1 aliphatic rings. The van der Waals surface area contributed by atoms with Crippen molar-refractivity contribution < 1.29 is 4.79 Å². The van der Waals surface area contributed by atoms with Crippen LogP contribution in [0, 0.1) is 0 Å². The molecule has 4 nitrogen and oxygen atoms in total. The van der Waals surface area contributed by atoms with Crippen molar-refractivity contribution in [3.05, 3.63) is 29.3 Å². The van der Waals surface area contributed by atoms with Crippen LogP contribution >= 0.6 is 11.6 Å². The highest BCUT2D eigenvalue weighted by Crippen LogP contribution is 2.15. The van der Waals surface area contributed by atoms with E-state index in [2.05, 4.69) is 15.8 Å². The van der Waals surface area contributed by atoms with Gasteiger partial charge in [0.25, 0.3) is 5.91 Å². The molecule has 0 heterocycles. The molecule has 0 bridgehead atoms. The van der Waals surface area contributed by atoms with Crippen LogP contribution in [-0.4, -0.2) is 18.2 Å². The number of halogens is 1. The largest absolute Gasteiger partial charge is 0.376 e. The maximum absolute atomic E-state index is 11.6. The molecule has 102 valence electrons. The van der Waals surface area contributed by atoms with Crippen LogP contribution in [0.15, 0.2) is 29.4 Å². The third-order valence-electron chi connectivity index (χ3n) is 3.05. The lowest BCUT2D eigenvalue weighted by molar-refractivity contribution is -0.119. The van der Waals surface area contributed by atoms with E-state index in [4.69, 9.17) is 11.6 Å². The standard InChI is InChI=1S/C14H18ClN3O/c15-11-5-4-8-13(9-11)16-10-14(19)18-17-12-6-2-1-3-7-12/h4-5,8-9,16H,1-3,6-7,10H2,(H,18,19). The molecule has 0 atom stereocenters. The molecular weight excluding hydrogens is 262 g/mol. The highest BCUT2D eigenvalue weighted by Gasteiger charge is 2.07. The molecule has 2 N–H and O–H groups in total. The van der Waals surface area contributed by atoms with Gasteiger partial charge >= 0.3 is 0 Å². The molecule has 0 radical (unpaired) electrons. The molecule has 0 saturated heterocycles. The number of nitrogens with zero attached hydrogens (tertiary/aromatic N) is 1. The Balaban J connectivity index is 1.75. The highest BCUT2D eigenvalue weighted by molar-refractivity contribution is 6.30. The number of rotatable bonds is 4. The van der Waals surface area contributed by atoms with E-state index in [1.54, 1.807) is 12.1 Å². The van der Waals surface area contributed by atoms with Crippen molar-refractivity contribution in [1.29, 1.82) is 0 Å². The van der Waals surface area contributed by atoms with Crippen LogP contribution in [-0.2, 0) is 4.79 Å². The molecule has 1 aliphatic carbocycles. The Morgan fingerprint density at radius 1 is 1.26 bits per heavy atom. The van der Waals surface area contributed by atoms with Crippen molar-refractivity contribution in [2.24, 2.45) is 5.10 Å². The zero-order valence-electron chi connectivity index (χ0n) is 10.8.